The Labute approximate surface area is 283 Å². The van der Waals surface area contributed by atoms with Crippen LogP contribution in [0.3, 0.4) is 0 Å². The molecule has 3 heteroatoms. The van der Waals surface area contributed by atoms with E-state index in [1.54, 1.807) is 0 Å². The van der Waals surface area contributed by atoms with Gasteiger partial charge in [0, 0.05) is 10.5 Å². The number of hydrogen-bond acceptors (Lipinski definition) is 3. The molecule has 0 amide bonds. The van der Waals surface area contributed by atoms with Crippen molar-refractivity contribution in [2.45, 2.75) is 193 Å². The normalized spacial score (nSPS) is 13.5. The topological polar surface area (TPSA) is 40.5 Å². The Morgan fingerprint density at radius 1 is 0.467 bits per heavy atom. The molecule has 0 heterocycles. The van der Waals surface area contributed by atoms with Gasteiger partial charge in [0.05, 0.1) is 0 Å². The van der Waals surface area contributed by atoms with Crippen LogP contribution in [-0.2, 0) is 12.8 Å². The molecule has 0 radical (unpaired) electrons. The predicted molar refractivity (Wildman–Crippen MR) is 202 cm³/mol. The molecule has 2 atom stereocenters. The highest BCUT2D eigenvalue weighted by Crippen LogP contribution is 2.39. The molecular weight excluding hydrogens is 569 g/mol. The first kappa shape index (κ1) is 39.6. The van der Waals surface area contributed by atoms with Crippen molar-refractivity contribution in [3.05, 3.63) is 57.6 Å². The summed E-state index contributed by atoms with van der Waals surface area (Å²) in [6, 6.07) is 9.22. The summed E-state index contributed by atoms with van der Waals surface area (Å²) in [5.41, 5.74) is 7.18. The van der Waals surface area contributed by atoms with Gasteiger partial charge in [0.15, 0.2) is 0 Å². The average molecular weight is 639 g/mol. The first-order valence-electron chi connectivity index (χ1n) is 18.8. The number of hydrogen-bond donors (Lipinski definition) is 2. The Bertz CT molecular complexity index is 970. The van der Waals surface area contributed by atoms with Crippen molar-refractivity contribution in [3.63, 3.8) is 0 Å². The van der Waals surface area contributed by atoms with Crippen LogP contribution in [0.2, 0.25) is 0 Å². The van der Waals surface area contributed by atoms with E-state index < -0.39 is 0 Å². The number of phenolic OH excluding ortho intramolecular Hbond substituents is 2. The number of benzene rings is 2. The van der Waals surface area contributed by atoms with Gasteiger partial charge in [-0.25, -0.2) is 0 Å². The maximum atomic E-state index is 11.1. The van der Waals surface area contributed by atoms with Crippen LogP contribution in [0, 0.1) is 0 Å². The van der Waals surface area contributed by atoms with E-state index in [4.69, 9.17) is 0 Å². The molecule has 0 fully saturated rings. The van der Waals surface area contributed by atoms with Crippen molar-refractivity contribution in [2.24, 2.45) is 0 Å². The van der Waals surface area contributed by atoms with Gasteiger partial charge < -0.3 is 10.2 Å². The summed E-state index contributed by atoms with van der Waals surface area (Å²) < 4.78 is 0. The number of rotatable bonds is 22. The standard InChI is InChI=1S/C42H70O2S/c1-11-13-15-17-19-21-35(23-33-25-37(29(3)4)41(43)38(26-33)30(5)6)45-36(22-20-18-16-14-12-2)24-34-27-39(31(7)8)42(44)40(28-34)32(9)10/h25-32,35-36,43-44H,11-24H2,1-10H3. The van der Waals surface area contributed by atoms with Crippen LogP contribution in [-0.4, -0.2) is 20.7 Å². The van der Waals surface area contributed by atoms with E-state index in [1.165, 1.54) is 88.2 Å². The molecule has 2 aromatic carbocycles. The minimum Gasteiger partial charge on any atom is -0.507 e. The molecule has 0 aliphatic carbocycles. The molecule has 0 saturated carbocycles. The fourth-order valence-electron chi connectivity index (χ4n) is 6.67. The molecule has 0 bridgehead atoms. The van der Waals surface area contributed by atoms with Gasteiger partial charge in [-0.15, -0.1) is 0 Å². The van der Waals surface area contributed by atoms with Gasteiger partial charge in [0.1, 0.15) is 11.5 Å². The number of phenols is 2. The molecule has 0 aromatic heterocycles. The lowest BCUT2D eigenvalue weighted by atomic mass is 9.90. The molecule has 2 aromatic rings. The quantitative estimate of drug-likeness (QED) is 0.126. The zero-order chi connectivity index (χ0) is 33.5. The summed E-state index contributed by atoms with van der Waals surface area (Å²) in [5, 5.41) is 23.3. The molecular formula is C42H70O2S. The third-order valence-electron chi connectivity index (χ3n) is 9.52. The SMILES string of the molecule is CCCCCCCC(Cc1cc(C(C)C)c(O)c(C(C)C)c1)SC(CCCCCCC)Cc1cc(C(C)C)c(O)c(C(C)C)c1. The number of aromatic hydroxyl groups is 2. The molecule has 2 rings (SSSR count). The van der Waals surface area contributed by atoms with Crippen LogP contribution in [0.25, 0.3) is 0 Å². The van der Waals surface area contributed by atoms with Crippen LogP contribution >= 0.6 is 11.8 Å². The van der Waals surface area contributed by atoms with Crippen LogP contribution in [0.4, 0.5) is 0 Å². The molecule has 256 valence electrons. The maximum absolute atomic E-state index is 11.1. The van der Waals surface area contributed by atoms with Crippen LogP contribution in [0.15, 0.2) is 24.3 Å². The number of unbranched alkanes of at least 4 members (excludes halogenated alkanes) is 8. The molecule has 0 aliphatic heterocycles. The average Bonchev–Trinajstić information content (AvgIpc) is 2.97. The van der Waals surface area contributed by atoms with E-state index in [2.05, 4.69) is 105 Å². The van der Waals surface area contributed by atoms with Gasteiger partial charge in [-0.3, -0.25) is 0 Å². The van der Waals surface area contributed by atoms with Crippen molar-refractivity contribution < 1.29 is 10.2 Å². The van der Waals surface area contributed by atoms with Crippen molar-refractivity contribution in [1.29, 1.82) is 0 Å². The van der Waals surface area contributed by atoms with Crippen LogP contribution in [0.5, 0.6) is 11.5 Å². The Kier molecular flexibility index (Phi) is 18.1. The van der Waals surface area contributed by atoms with Gasteiger partial charge in [0.2, 0.25) is 0 Å². The Hall–Kier alpha value is -1.61. The summed E-state index contributed by atoms with van der Waals surface area (Å²) in [6.45, 7) is 22.2. The predicted octanol–water partition coefficient (Wildman–Crippen LogP) is 13.6. The van der Waals surface area contributed by atoms with Gasteiger partial charge in [-0.05, 0) is 82.7 Å². The van der Waals surface area contributed by atoms with E-state index >= 15 is 0 Å². The van der Waals surface area contributed by atoms with Gasteiger partial charge in [0.25, 0.3) is 0 Å². The first-order valence-corrected chi connectivity index (χ1v) is 19.7. The van der Waals surface area contributed by atoms with E-state index in [-0.39, 0.29) is 0 Å². The third-order valence-corrected chi connectivity index (χ3v) is 11.1. The van der Waals surface area contributed by atoms with Crippen molar-refractivity contribution in [3.8, 4) is 11.5 Å². The van der Waals surface area contributed by atoms with E-state index in [1.807, 2.05) is 0 Å². The second-order valence-electron chi connectivity index (χ2n) is 15.1. The first-order chi connectivity index (χ1) is 21.4. The summed E-state index contributed by atoms with van der Waals surface area (Å²) in [6.07, 6.45) is 17.8. The second-order valence-corrected chi connectivity index (χ2v) is 16.7. The lowest BCUT2D eigenvalue weighted by Gasteiger charge is -2.26. The van der Waals surface area contributed by atoms with Crippen LogP contribution < -0.4 is 0 Å². The number of thioether (sulfide) groups is 1. The Balaban J connectivity index is 2.43. The van der Waals surface area contributed by atoms with Crippen molar-refractivity contribution in [1.82, 2.24) is 0 Å². The largest absolute Gasteiger partial charge is 0.507 e. The monoisotopic (exact) mass is 639 g/mol. The van der Waals surface area contributed by atoms with Crippen LogP contribution in [0.1, 0.15) is 203 Å². The molecule has 0 spiro atoms. The minimum atomic E-state index is 0.304. The molecule has 0 aliphatic rings. The summed E-state index contributed by atoms with van der Waals surface area (Å²) in [4.78, 5) is 0. The second kappa shape index (κ2) is 20.6. The van der Waals surface area contributed by atoms with E-state index in [0.29, 0.717) is 45.7 Å². The zero-order valence-corrected chi connectivity index (χ0v) is 31.8. The lowest BCUT2D eigenvalue weighted by molar-refractivity contribution is 0.453. The van der Waals surface area contributed by atoms with E-state index in [9.17, 15) is 10.2 Å². The maximum Gasteiger partial charge on any atom is 0.122 e. The molecule has 2 unspecified atom stereocenters. The summed E-state index contributed by atoms with van der Waals surface area (Å²) >= 11 is 2.25. The Morgan fingerprint density at radius 2 is 0.756 bits per heavy atom. The molecule has 45 heavy (non-hydrogen) atoms. The van der Waals surface area contributed by atoms with Gasteiger partial charge in [-0.1, -0.05) is 158 Å². The lowest BCUT2D eigenvalue weighted by Crippen LogP contribution is -2.17. The molecule has 0 saturated heterocycles. The highest BCUT2D eigenvalue weighted by molar-refractivity contribution is 8.00. The highest BCUT2D eigenvalue weighted by Gasteiger charge is 2.23. The summed E-state index contributed by atoms with van der Waals surface area (Å²) in [7, 11) is 0. The molecule has 2 nitrogen and oxygen atoms in total. The fraction of sp³-hybridized carbons (Fsp3) is 0.714. The highest BCUT2D eigenvalue weighted by atomic mass is 32.2. The fourth-order valence-corrected chi connectivity index (χ4v) is 8.40. The van der Waals surface area contributed by atoms with Crippen molar-refractivity contribution >= 4 is 11.8 Å². The molecule has 2 N–H and O–H groups in total. The van der Waals surface area contributed by atoms with E-state index in [0.717, 1.165) is 35.1 Å². The Morgan fingerprint density at radius 3 is 1.02 bits per heavy atom. The van der Waals surface area contributed by atoms with Crippen molar-refractivity contribution in [2.75, 3.05) is 0 Å². The minimum absolute atomic E-state index is 0.304. The summed E-state index contributed by atoms with van der Waals surface area (Å²) in [5.74, 6) is 2.23. The van der Waals surface area contributed by atoms with Gasteiger partial charge in [-0.2, -0.15) is 11.8 Å². The zero-order valence-electron chi connectivity index (χ0n) is 31.0. The van der Waals surface area contributed by atoms with Gasteiger partial charge >= 0.3 is 0 Å². The third kappa shape index (κ3) is 13.2. The smallest absolute Gasteiger partial charge is 0.122 e.